The lowest BCUT2D eigenvalue weighted by molar-refractivity contribution is -0.123. The number of carbonyl (C=O) groups excluding carboxylic acids is 1. The summed E-state index contributed by atoms with van der Waals surface area (Å²) in [7, 11) is 0. The van der Waals surface area contributed by atoms with Gasteiger partial charge in [0.2, 0.25) is 0 Å². The van der Waals surface area contributed by atoms with Gasteiger partial charge in [-0.3, -0.25) is 18.9 Å². The predicted molar refractivity (Wildman–Crippen MR) is 133 cm³/mol. The van der Waals surface area contributed by atoms with Crippen LogP contribution in [0.1, 0.15) is 36.9 Å². The predicted octanol–water partition coefficient (Wildman–Crippen LogP) is 4.26. The van der Waals surface area contributed by atoms with E-state index in [-0.39, 0.29) is 17.5 Å². The van der Waals surface area contributed by atoms with Gasteiger partial charge in [-0.1, -0.05) is 60.4 Å². The molecule has 0 spiro atoms. The third kappa shape index (κ3) is 3.63. The fourth-order valence-corrected chi connectivity index (χ4v) is 5.61. The molecule has 2 aliphatic heterocycles. The van der Waals surface area contributed by atoms with E-state index >= 15 is 0 Å². The first-order valence-electron chi connectivity index (χ1n) is 10.6. The van der Waals surface area contributed by atoms with Gasteiger partial charge < -0.3 is 4.90 Å². The second kappa shape index (κ2) is 8.52. The molecule has 3 aromatic rings. The zero-order valence-electron chi connectivity index (χ0n) is 17.6. The number of thioether (sulfide) groups is 1. The van der Waals surface area contributed by atoms with Gasteiger partial charge in [-0.25, -0.2) is 4.98 Å². The van der Waals surface area contributed by atoms with Gasteiger partial charge >= 0.3 is 0 Å². The molecule has 2 aliphatic rings. The number of rotatable bonds is 4. The fourth-order valence-electron chi connectivity index (χ4n) is 4.21. The van der Waals surface area contributed by atoms with Crippen molar-refractivity contribution in [3.8, 4) is 0 Å². The molecule has 1 amide bonds. The summed E-state index contributed by atoms with van der Waals surface area (Å²) in [5.41, 5.74) is 1.86. The highest BCUT2D eigenvalue weighted by Gasteiger charge is 2.36. The number of pyridine rings is 1. The number of carbonyl (C=O) groups is 1. The lowest BCUT2D eigenvalue weighted by Crippen LogP contribution is -2.31. The monoisotopic (exact) mass is 462 g/mol. The van der Waals surface area contributed by atoms with Crippen LogP contribution in [-0.2, 0) is 4.79 Å². The Hall–Kier alpha value is -2.97. The standard InChI is InChI=1S/C24H22N4O2S2/c1-16(17-9-3-2-4-10-17)28-23(30)19(32-24(28)31)15-18-21(26-12-7-8-13-26)25-20-11-5-6-14-27(20)22(18)29/h2-6,9-11,14-16H,7-8,12-13H2,1H3/b19-15-/t16-/m1/s1. The number of anilines is 1. The Morgan fingerprint density at radius 2 is 1.78 bits per heavy atom. The van der Waals surface area contributed by atoms with E-state index in [4.69, 9.17) is 17.2 Å². The Morgan fingerprint density at radius 1 is 1.06 bits per heavy atom. The molecule has 0 aliphatic carbocycles. The van der Waals surface area contributed by atoms with Gasteiger partial charge in [0.05, 0.1) is 16.5 Å². The molecule has 8 heteroatoms. The van der Waals surface area contributed by atoms with Crippen LogP contribution in [0.2, 0.25) is 0 Å². The van der Waals surface area contributed by atoms with Crippen LogP contribution in [0.5, 0.6) is 0 Å². The summed E-state index contributed by atoms with van der Waals surface area (Å²) in [5, 5.41) is 0. The number of fused-ring (bicyclic) bond motifs is 1. The maximum Gasteiger partial charge on any atom is 0.267 e. The van der Waals surface area contributed by atoms with Crippen molar-refractivity contribution in [2.45, 2.75) is 25.8 Å². The van der Waals surface area contributed by atoms with E-state index in [0.717, 1.165) is 31.5 Å². The SMILES string of the molecule is C[C@H](c1ccccc1)N1C(=O)/C(=C/c2c(N3CCCC3)nc3ccccn3c2=O)SC1=S. The van der Waals surface area contributed by atoms with Crippen LogP contribution in [0, 0.1) is 0 Å². The number of amides is 1. The highest BCUT2D eigenvalue weighted by molar-refractivity contribution is 8.26. The van der Waals surface area contributed by atoms with Crippen molar-refractivity contribution in [3.05, 3.63) is 81.1 Å². The van der Waals surface area contributed by atoms with Crippen molar-refractivity contribution < 1.29 is 4.79 Å². The summed E-state index contributed by atoms with van der Waals surface area (Å²) in [6.45, 7) is 3.66. The molecule has 5 rings (SSSR count). The van der Waals surface area contributed by atoms with Crippen LogP contribution in [-0.4, -0.2) is 37.6 Å². The van der Waals surface area contributed by atoms with E-state index in [0.29, 0.717) is 26.3 Å². The first-order valence-corrected chi connectivity index (χ1v) is 11.9. The second-order valence-corrected chi connectivity index (χ2v) is 9.59. The zero-order chi connectivity index (χ0) is 22.2. The number of hydrogen-bond acceptors (Lipinski definition) is 6. The molecule has 1 aromatic carbocycles. The minimum atomic E-state index is -0.191. The van der Waals surface area contributed by atoms with Gasteiger partial charge in [-0.05, 0) is 43.5 Å². The van der Waals surface area contributed by atoms with E-state index < -0.39 is 0 Å². The fraction of sp³-hybridized carbons (Fsp3) is 0.250. The summed E-state index contributed by atoms with van der Waals surface area (Å²) in [5.74, 6) is 0.460. The van der Waals surface area contributed by atoms with Crippen molar-refractivity contribution >= 4 is 51.7 Å². The van der Waals surface area contributed by atoms with E-state index in [1.165, 1.54) is 16.2 Å². The van der Waals surface area contributed by atoms with Crippen LogP contribution >= 0.6 is 24.0 Å². The quantitative estimate of drug-likeness (QED) is 0.427. The van der Waals surface area contributed by atoms with Gasteiger partial charge in [0.15, 0.2) is 0 Å². The number of nitrogens with zero attached hydrogens (tertiary/aromatic N) is 4. The molecule has 4 heterocycles. The average molecular weight is 463 g/mol. The Balaban J connectivity index is 1.59. The number of hydrogen-bond donors (Lipinski definition) is 0. The second-order valence-electron chi connectivity index (χ2n) is 7.92. The van der Waals surface area contributed by atoms with Gasteiger partial charge in [0.1, 0.15) is 15.8 Å². The maximum absolute atomic E-state index is 13.4. The van der Waals surface area contributed by atoms with Gasteiger partial charge in [0, 0.05) is 19.3 Å². The highest BCUT2D eigenvalue weighted by Crippen LogP contribution is 2.38. The van der Waals surface area contributed by atoms with E-state index in [2.05, 4.69) is 4.90 Å². The largest absolute Gasteiger partial charge is 0.356 e. The van der Waals surface area contributed by atoms with Crippen molar-refractivity contribution in [2.24, 2.45) is 0 Å². The number of aromatic nitrogens is 2. The molecule has 0 unspecified atom stereocenters. The maximum atomic E-state index is 13.4. The summed E-state index contributed by atoms with van der Waals surface area (Å²) < 4.78 is 2.02. The summed E-state index contributed by atoms with van der Waals surface area (Å²) in [6, 6.07) is 15.1. The minimum absolute atomic E-state index is 0.179. The van der Waals surface area contributed by atoms with E-state index in [1.54, 1.807) is 23.2 Å². The third-order valence-electron chi connectivity index (χ3n) is 5.92. The summed E-state index contributed by atoms with van der Waals surface area (Å²) in [6.07, 6.45) is 5.51. The molecule has 6 nitrogen and oxygen atoms in total. The van der Waals surface area contributed by atoms with Crippen LogP contribution in [0.15, 0.2) is 64.4 Å². The molecule has 32 heavy (non-hydrogen) atoms. The van der Waals surface area contributed by atoms with Gasteiger partial charge in [0.25, 0.3) is 11.5 Å². The highest BCUT2D eigenvalue weighted by atomic mass is 32.2. The Labute approximate surface area is 195 Å². The average Bonchev–Trinajstić information content (AvgIpc) is 3.44. The van der Waals surface area contributed by atoms with Crippen LogP contribution in [0.3, 0.4) is 0 Å². The molecule has 0 bridgehead atoms. The molecule has 0 radical (unpaired) electrons. The number of benzene rings is 1. The Kier molecular flexibility index (Phi) is 5.57. The topological polar surface area (TPSA) is 57.9 Å². The lowest BCUT2D eigenvalue weighted by Gasteiger charge is -2.23. The van der Waals surface area contributed by atoms with E-state index in [1.807, 2.05) is 49.4 Å². The van der Waals surface area contributed by atoms with Crippen molar-refractivity contribution in [2.75, 3.05) is 18.0 Å². The molecule has 2 fully saturated rings. The Morgan fingerprint density at radius 3 is 2.53 bits per heavy atom. The molecule has 0 N–H and O–H groups in total. The molecule has 2 saturated heterocycles. The van der Waals surface area contributed by atoms with Crippen LogP contribution in [0.4, 0.5) is 5.82 Å². The first kappa shape index (κ1) is 20.9. The van der Waals surface area contributed by atoms with Gasteiger partial charge in [-0.2, -0.15) is 0 Å². The first-order chi connectivity index (χ1) is 15.5. The van der Waals surface area contributed by atoms with Gasteiger partial charge in [-0.15, -0.1) is 0 Å². The Bertz CT molecular complexity index is 1300. The molecule has 2 aromatic heterocycles. The van der Waals surface area contributed by atoms with Crippen LogP contribution in [0.25, 0.3) is 11.7 Å². The normalized spacial score (nSPS) is 18.8. The third-order valence-corrected chi connectivity index (χ3v) is 7.25. The summed E-state index contributed by atoms with van der Waals surface area (Å²) >= 11 is 6.79. The minimum Gasteiger partial charge on any atom is -0.356 e. The van der Waals surface area contributed by atoms with Crippen molar-refractivity contribution in [1.82, 2.24) is 14.3 Å². The number of thiocarbonyl (C=S) groups is 1. The summed E-state index contributed by atoms with van der Waals surface area (Å²) in [4.78, 5) is 35.7. The smallest absolute Gasteiger partial charge is 0.267 e. The van der Waals surface area contributed by atoms with Crippen LogP contribution < -0.4 is 10.5 Å². The molecule has 1 atom stereocenters. The molecule has 0 saturated carbocycles. The lowest BCUT2D eigenvalue weighted by atomic mass is 10.1. The van der Waals surface area contributed by atoms with E-state index in [9.17, 15) is 9.59 Å². The van der Waals surface area contributed by atoms with Crippen molar-refractivity contribution in [1.29, 1.82) is 0 Å². The molecular formula is C24H22N4O2S2. The zero-order valence-corrected chi connectivity index (χ0v) is 19.2. The molecule has 162 valence electrons. The molecular weight excluding hydrogens is 440 g/mol. The van der Waals surface area contributed by atoms with Crippen molar-refractivity contribution in [3.63, 3.8) is 0 Å².